The maximum atomic E-state index is 12.7. The first kappa shape index (κ1) is 31.2. The first-order valence-corrected chi connectivity index (χ1v) is 11.6. The summed E-state index contributed by atoms with van der Waals surface area (Å²) in [5.41, 5.74) is 4.41. The van der Waals surface area contributed by atoms with E-state index in [0.717, 1.165) is 31.8 Å². The highest BCUT2D eigenvalue weighted by molar-refractivity contribution is 5.86. The minimum Gasteiger partial charge on any atom is -0.463 e. The summed E-state index contributed by atoms with van der Waals surface area (Å²) in [6.07, 6.45) is 5.36. The maximum Gasteiger partial charge on any atom is 0.330 e. The fraction of sp³-hybridized carbons (Fsp3) is 0.792. The standard InChI is InChI=1S/C24H43NO8/c1-6-22(27)31-17-20(18-32-23(28)14-10-8-11-15-29-5)33-24(3,4)21(26)13-9-7-12-16-30-19(2)25/h6,19-20H,1,7-18,25H2,2-5H3. The number of hydrogen-bond donors (Lipinski definition) is 1. The van der Waals surface area contributed by atoms with Crippen molar-refractivity contribution in [3.8, 4) is 0 Å². The van der Waals surface area contributed by atoms with Gasteiger partial charge in [-0.25, -0.2) is 4.79 Å². The average Bonchev–Trinajstić information content (AvgIpc) is 2.76. The van der Waals surface area contributed by atoms with Crippen LogP contribution in [0, 0.1) is 0 Å². The lowest BCUT2D eigenvalue weighted by Gasteiger charge is -2.29. The molecule has 0 rings (SSSR count). The van der Waals surface area contributed by atoms with E-state index < -0.39 is 17.7 Å². The van der Waals surface area contributed by atoms with Gasteiger partial charge >= 0.3 is 11.9 Å². The van der Waals surface area contributed by atoms with Crippen LogP contribution in [0.3, 0.4) is 0 Å². The number of methoxy groups -OCH3 is 1. The van der Waals surface area contributed by atoms with Gasteiger partial charge in [-0.2, -0.15) is 0 Å². The molecule has 192 valence electrons. The number of esters is 2. The Balaban J connectivity index is 4.58. The van der Waals surface area contributed by atoms with Gasteiger partial charge in [-0.1, -0.05) is 19.4 Å². The van der Waals surface area contributed by atoms with Crippen molar-refractivity contribution in [2.45, 2.75) is 90.1 Å². The van der Waals surface area contributed by atoms with Crippen LogP contribution in [-0.2, 0) is 38.1 Å². The number of Topliss-reactive ketones (excluding diaryl/α,β-unsaturated/α-hetero) is 1. The Kier molecular flexibility index (Phi) is 17.6. The van der Waals surface area contributed by atoms with Crippen LogP contribution in [0.25, 0.3) is 0 Å². The molecule has 0 saturated carbocycles. The van der Waals surface area contributed by atoms with E-state index in [0.29, 0.717) is 32.5 Å². The first-order valence-electron chi connectivity index (χ1n) is 11.6. The first-order chi connectivity index (χ1) is 15.6. The van der Waals surface area contributed by atoms with E-state index in [1.54, 1.807) is 27.9 Å². The number of carbonyl (C=O) groups excluding carboxylic acids is 3. The molecule has 0 aliphatic heterocycles. The van der Waals surface area contributed by atoms with E-state index in [1.165, 1.54) is 0 Å². The highest BCUT2D eigenvalue weighted by atomic mass is 16.6. The van der Waals surface area contributed by atoms with Crippen molar-refractivity contribution >= 4 is 17.7 Å². The highest BCUT2D eigenvalue weighted by Gasteiger charge is 2.32. The molecule has 0 radical (unpaired) electrons. The predicted molar refractivity (Wildman–Crippen MR) is 124 cm³/mol. The van der Waals surface area contributed by atoms with Crippen LogP contribution in [0.2, 0.25) is 0 Å². The molecule has 0 aromatic rings. The van der Waals surface area contributed by atoms with Gasteiger partial charge in [0.25, 0.3) is 0 Å². The number of ether oxygens (including phenoxy) is 5. The molecular formula is C24H43NO8. The Morgan fingerprint density at radius 2 is 1.55 bits per heavy atom. The third-order valence-electron chi connectivity index (χ3n) is 4.80. The van der Waals surface area contributed by atoms with E-state index in [4.69, 9.17) is 29.4 Å². The summed E-state index contributed by atoms with van der Waals surface area (Å²) >= 11 is 0. The summed E-state index contributed by atoms with van der Waals surface area (Å²) in [5, 5.41) is 0. The van der Waals surface area contributed by atoms with Gasteiger partial charge in [-0.3, -0.25) is 9.59 Å². The van der Waals surface area contributed by atoms with Crippen LogP contribution in [0.15, 0.2) is 12.7 Å². The van der Waals surface area contributed by atoms with Crippen molar-refractivity contribution in [3.63, 3.8) is 0 Å². The molecule has 33 heavy (non-hydrogen) atoms. The number of hydrogen-bond acceptors (Lipinski definition) is 9. The van der Waals surface area contributed by atoms with Crippen molar-refractivity contribution in [2.24, 2.45) is 5.73 Å². The fourth-order valence-electron chi connectivity index (χ4n) is 2.92. The quantitative estimate of drug-likeness (QED) is 0.116. The van der Waals surface area contributed by atoms with Gasteiger partial charge in [-0.05, 0) is 46.5 Å². The Morgan fingerprint density at radius 1 is 0.939 bits per heavy atom. The van der Waals surface area contributed by atoms with Crippen LogP contribution in [0.5, 0.6) is 0 Å². The molecule has 0 heterocycles. The van der Waals surface area contributed by atoms with E-state index in [9.17, 15) is 14.4 Å². The normalized spacial score (nSPS) is 13.2. The van der Waals surface area contributed by atoms with E-state index in [2.05, 4.69) is 6.58 Å². The summed E-state index contributed by atoms with van der Waals surface area (Å²) in [4.78, 5) is 36.2. The molecule has 2 atom stereocenters. The molecule has 0 spiro atoms. The molecule has 0 aliphatic rings. The molecule has 0 fully saturated rings. The average molecular weight is 474 g/mol. The third-order valence-corrected chi connectivity index (χ3v) is 4.80. The van der Waals surface area contributed by atoms with Crippen LogP contribution in [0.1, 0.15) is 72.1 Å². The van der Waals surface area contributed by atoms with E-state index in [1.807, 2.05) is 0 Å². The molecular weight excluding hydrogens is 430 g/mol. The summed E-state index contributed by atoms with van der Waals surface area (Å²) in [5.74, 6) is -1.07. The van der Waals surface area contributed by atoms with Crippen LogP contribution < -0.4 is 5.73 Å². The van der Waals surface area contributed by atoms with Gasteiger partial charge in [-0.15, -0.1) is 0 Å². The topological polar surface area (TPSA) is 123 Å². The molecule has 0 aliphatic carbocycles. The van der Waals surface area contributed by atoms with Gasteiger partial charge in [0.1, 0.15) is 31.1 Å². The Labute approximate surface area is 198 Å². The second kappa shape index (κ2) is 18.6. The van der Waals surface area contributed by atoms with Crippen LogP contribution >= 0.6 is 0 Å². The number of nitrogens with two attached hydrogens (primary N) is 1. The third kappa shape index (κ3) is 17.3. The second-order valence-electron chi connectivity index (χ2n) is 8.38. The molecule has 0 amide bonds. The number of carbonyl (C=O) groups is 3. The summed E-state index contributed by atoms with van der Waals surface area (Å²) in [7, 11) is 1.64. The largest absolute Gasteiger partial charge is 0.463 e. The Bertz CT molecular complexity index is 577. The number of ketones is 1. The Hall–Kier alpha value is -1.81. The van der Waals surface area contributed by atoms with Crippen LogP contribution in [0.4, 0.5) is 0 Å². The molecule has 2 unspecified atom stereocenters. The summed E-state index contributed by atoms with van der Waals surface area (Å²) < 4.78 is 26.5. The van der Waals surface area contributed by atoms with E-state index >= 15 is 0 Å². The van der Waals surface area contributed by atoms with Gasteiger partial charge < -0.3 is 29.4 Å². The zero-order valence-corrected chi connectivity index (χ0v) is 20.8. The maximum absolute atomic E-state index is 12.7. The minimum atomic E-state index is -1.12. The summed E-state index contributed by atoms with van der Waals surface area (Å²) in [6.45, 7) is 9.39. The number of rotatable bonds is 21. The second-order valence-corrected chi connectivity index (χ2v) is 8.38. The molecule has 9 nitrogen and oxygen atoms in total. The van der Waals surface area contributed by atoms with Gasteiger partial charge in [0.05, 0.1) is 0 Å². The Morgan fingerprint density at radius 3 is 2.15 bits per heavy atom. The monoisotopic (exact) mass is 473 g/mol. The fourth-order valence-corrected chi connectivity index (χ4v) is 2.92. The molecule has 9 heteroatoms. The smallest absolute Gasteiger partial charge is 0.330 e. The lowest BCUT2D eigenvalue weighted by molar-refractivity contribution is -0.169. The molecule has 0 bridgehead atoms. The summed E-state index contributed by atoms with van der Waals surface area (Å²) in [6, 6.07) is 0. The SMILES string of the molecule is C=CC(=O)OCC(COC(=O)CCCCCOC)OC(C)(C)C(=O)CCCCCOC(C)N. The van der Waals surface area contributed by atoms with Crippen molar-refractivity contribution in [3.05, 3.63) is 12.7 Å². The van der Waals surface area contributed by atoms with Crippen molar-refractivity contribution < 1.29 is 38.1 Å². The zero-order chi connectivity index (χ0) is 25.1. The van der Waals surface area contributed by atoms with Gasteiger partial charge in [0.15, 0.2) is 5.78 Å². The molecule has 2 N–H and O–H groups in total. The highest BCUT2D eigenvalue weighted by Crippen LogP contribution is 2.19. The lowest BCUT2D eigenvalue weighted by Crippen LogP contribution is -2.42. The van der Waals surface area contributed by atoms with Crippen molar-refractivity contribution in [2.75, 3.05) is 33.5 Å². The van der Waals surface area contributed by atoms with Crippen molar-refractivity contribution in [1.29, 1.82) is 0 Å². The molecule has 0 aromatic carbocycles. The molecule has 0 aromatic heterocycles. The molecule has 0 saturated heterocycles. The van der Waals surface area contributed by atoms with E-state index in [-0.39, 0.29) is 37.6 Å². The van der Waals surface area contributed by atoms with Gasteiger partial charge in [0.2, 0.25) is 0 Å². The zero-order valence-electron chi connectivity index (χ0n) is 20.8. The van der Waals surface area contributed by atoms with Crippen LogP contribution in [-0.4, -0.2) is 69.2 Å². The minimum absolute atomic E-state index is 0.0832. The van der Waals surface area contributed by atoms with Gasteiger partial charge in [0, 0.05) is 39.2 Å². The van der Waals surface area contributed by atoms with Crippen molar-refractivity contribution in [1.82, 2.24) is 0 Å². The lowest BCUT2D eigenvalue weighted by atomic mass is 9.97. The predicted octanol–water partition coefficient (Wildman–Crippen LogP) is 3.08. The number of unbranched alkanes of at least 4 members (excludes halogenated alkanes) is 4.